The van der Waals surface area contributed by atoms with Crippen molar-refractivity contribution in [3.8, 4) is 0 Å². The van der Waals surface area contributed by atoms with Crippen LogP contribution in [0.2, 0.25) is 0 Å². The number of alkyl halides is 3. The van der Waals surface area contributed by atoms with Gasteiger partial charge < -0.3 is 10.1 Å². The van der Waals surface area contributed by atoms with E-state index in [-0.39, 0.29) is 12.3 Å². The molecular weight excluding hydrogens is 351 g/mol. The lowest BCUT2D eigenvalue weighted by Gasteiger charge is -2.18. The highest BCUT2D eigenvalue weighted by Gasteiger charge is 2.36. The number of carbonyl (C=O) groups excluding carboxylic acids is 2. The first-order chi connectivity index (χ1) is 12.3. The fraction of sp³-hybridized carbons (Fsp3) is 0.235. The van der Waals surface area contributed by atoms with Gasteiger partial charge in [0.25, 0.3) is 5.91 Å². The van der Waals surface area contributed by atoms with Crippen molar-refractivity contribution in [3.05, 3.63) is 53.3 Å². The van der Waals surface area contributed by atoms with Crippen LogP contribution in [0.3, 0.4) is 0 Å². The van der Waals surface area contributed by atoms with E-state index in [0.29, 0.717) is 17.8 Å². The van der Waals surface area contributed by atoms with E-state index in [9.17, 15) is 22.8 Å². The predicted molar refractivity (Wildman–Crippen MR) is 87.1 cm³/mol. The Balaban J connectivity index is 1.91. The minimum absolute atomic E-state index is 0.248. The number of rotatable bonds is 3. The third kappa shape index (κ3) is 3.32. The number of hydrogen-bond donors (Lipinski definition) is 1. The summed E-state index contributed by atoms with van der Waals surface area (Å²) in [6.45, 7) is 2.26. The van der Waals surface area contributed by atoms with Crippen molar-refractivity contribution < 1.29 is 27.5 Å². The van der Waals surface area contributed by atoms with Crippen LogP contribution in [0.1, 0.15) is 21.6 Å². The number of benzene rings is 1. The van der Waals surface area contributed by atoms with Gasteiger partial charge in [0.05, 0.1) is 17.8 Å². The highest BCUT2D eigenvalue weighted by molar-refractivity contribution is 6.05. The summed E-state index contributed by atoms with van der Waals surface area (Å²) in [5.41, 5.74) is -0.502. The molecule has 3 rings (SSSR count). The average Bonchev–Trinajstić information content (AvgIpc) is 3.02. The Morgan fingerprint density at radius 2 is 2.04 bits per heavy atom. The van der Waals surface area contributed by atoms with Crippen molar-refractivity contribution in [1.29, 1.82) is 0 Å². The molecule has 2 heterocycles. The summed E-state index contributed by atoms with van der Waals surface area (Å²) in [7, 11) is 0. The first-order valence-electron chi connectivity index (χ1n) is 7.66. The molecule has 136 valence electrons. The molecule has 0 saturated carbocycles. The second-order valence-corrected chi connectivity index (χ2v) is 5.57. The maximum absolute atomic E-state index is 13.1. The van der Waals surface area contributed by atoms with Gasteiger partial charge in [-0.3, -0.25) is 14.7 Å². The van der Waals surface area contributed by atoms with Gasteiger partial charge >= 0.3 is 12.3 Å². The van der Waals surface area contributed by atoms with Gasteiger partial charge in [-0.05, 0) is 36.8 Å². The maximum Gasteiger partial charge on any atom is 0.418 e. The minimum Gasteiger partial charge on any atom is -0.447 e. The fourth-order valence-electron chi connectivity index (χ4n) is 2.66. The Kier molecular flexibility index (Phi) is 4.54. The number of nitrogens with one attached hydrogen (secondary N) is 1. The minimum atomic E-state index is -4.70. The van der Waals surface area contributed by atoms with Crippen molar-refractivity contribution in [2.45, 2.75) is 13.1 Å². The van der Waals surface area contributed by atoms with Crippen LogP contribution in [0.4, 0.5) is 29.3 Å². The Morgan fingerprint density at radius 3 is 2.69 bits per heavy atom. The molecule has 0 unspecified atom stereocenters. The van der Waals surface area contributed by atoms with E-state index in [1.807, 2.05) is 0 Å². The van der Waals surface area contributed by atoms with Crippen LogP contribution < -0.4 is 10.2 Å². The summed E-state index contributed by atoms with van der Waals surface area (Å²) in [5, 5.41) is 2.44. The fourth-order valence-corrected chi connectivity index (χ4v) is 2.66. The monoisotopic (exact) mass is 365 g/mol. The molecular formula is C17H14F3N3O3. The summed E-state index contributed by atoms with van der Waals surface area (Å²) in [4.78, 5) is 29.0. The molecule has 1 aliphatic rings. The highest BCUT2D eigenvalue weighted by atomic mass is 19.4. The smallest absolute Gasteiger partial charge is 0.418 e. The number of cyclic esters (lactones) is 1. The first-order valence-corrected chi connectivity index (χ1v) is 7.66. The zero-order valence-corrected chi connectivity index (χ0v) is 13.6. The highest BCUT2D eigenvalue weighted by Crippen LogP contribution is 2.32. The van der Waals surface area contributed by atoms with E-state index in [1.165, 1.54) is 11.0 Å². The van der Waals surface area contributed by atoms with Crippen molar-refractivity contribution in [2.75, 3.05) is 23.4 Å². The summed E-state index contributed by atoms with van der Waals surface area (Å²) in [5.74, 6) is -0.984. The molecule has 0 spiro atoms. The number of amides is 2. The Hall–Kier alpha value is -3.10. The third-order valence-corrected chi connectivity index (χ3v) is 3.93. The van der Waals surface area contributed by atoms with Crippen molar-refractivity contribution in [1.82, 2.24) is 4.98 Å². The summed E-state index contributed by atoms with van der Waals surface area (Å²) in [6.07, 6.45) is -4.09. The van der Waals surface area contributed by atoms with Gasteiger partial charge in [0.2, 0.25) is 0 Å². The van der Waals surface area contributed by atoms with E-state index < -0.39 is 29.4 Å². The van der Waals surface area contributed by atoms with E-state index in [2.05, 4.69) is 10.3 Å². The molecule has 2 aromatic rings. The second kappa shape index (κ2) is 6.66. The maximum atomic E-state index is 13.1. The molecule has 9 heteroatoms. The Morgan fingerprint density at radius 1 is 1.27 bits per heavy atom. The van der Waals surface area contributed by atoms with Gasteiger partial charge in [-0.25, -0.2) is 4.79 Å². The molecule has 1 fully saturated rings. The van der Waals surface area contributed by atoms with Gasteiger partial charge in [0, 0.05) is 11.9 Å². The molecule has 1 saturated heterocycles. The normalized spacial score (nSPS) is 14.3. The molecule has 2 amide bonds. The quantitative estimate of drug-likeness (QED) is 0.902. The first kappa shape index (κ1) is 17.7. The van der Waals surface area contributed by atoms with Crippen LogP contribution in [0.15, 0.2) is 36.5 Å². The van der Waals surface area contributed by atoms with E-state index in [4.69, 9.17) is 4.74 Å². The van der Waals surface area contributed by atoms with Crippen LogP contribution in [-0.2, 0) is 10.9 Å². The molecule has 1 aliphatic heterocycles. The van der Waals surface area contributed by atoms with Crippen LogP contribution in [0.5, 0.6) is 0 Å². The van der Waals surface area contributed by atoms with Crippen molar-refractivity contribution >= 4 is 23.4 Å². The van der Waals surface area contributed by atoms with Gasteiger partial charge in [-0.15, -0.1) is 0 Å². The number of pyridine rings is 1. The number of carbonyl (C=O) groups is 2. The van der Waals surface area contributed by atoms with Crippen LogP contribution in [0.25, 0.3) is 0 Å². The second-order valence-electron chi connectivity index (χ2n) is 5.57. The molecule has 26 heavy (non-hydrogen) atoms. The average molecular weight is 365 g/mol. The van der Waals surface area contributed by atoms with Crippen LogP contribution in [-0.4, -0.2) is 30.1 Å². The van der Waals surface area contributed by atoms with Gasteiger partial charge in [0.1, 0.15) is 12.3 Å². The lowest BCUT2D eigenvalue weighted by Crippen LogP contribution is -2.25. The molecule has 0 bridgehead atoms. The zero-order chi connectivity index (χ0) is 18.9. The zero-order valence-electron chi connectivity index (χ0n) is 13.6. The Labute approximate surface area is 146 Å². The number of hydrogen-bond acceptors (Lipinski definition) is 4. The van der Waals surface area contributed by atoms with Crippen LogP contribution >= 0.6 is 0 Å². The van der Waals surface area contributed by atoms with Gasteiger partial charge in [-0.1, -0.05) is 6.07 Å². The lowest BCUT2D eigenvalue weighted by molar-refractivity contribution is -0.138. The molecule has 1 aromatic carbocycles. The van der Waals surface area contributed by atoms with Crippen molar-refractivity contribution in [3.63, 3.8) is 0 Å². The third-order valence-electron chi connectivity index (χ3n) is 3.93. The largest absolute Gasteiger partial charge is 0.447 e. The number of nitrogens with zero attached hydrogens (tertiary/aromatic N) is 2. The summed E-state index contributed by atoms with van der Waals surface area (Å²) < 4.78 is 44.1. The van der Waals surface area contributed by atoms with Gasteiger partial charge in [-0.2, -0.15) is 13.2 Å². The standard InChI is InChI=1S/C17H14F3N3O3/c1-10-12(5-2-6-13(10)23-8-9-26-16(23)25)22-15(24)14-11(17(18,19)20)4-3-7-21-14/h2-7H,8-9H2,1H3,(H,22,24). The number of halogens is 3. The number of anilines is 2. The molecule has 6 nitrogen and oxygen atoms in total. The molecule has 1 aromatic heterocycles. The van der Waals surface area contributed by atoms with E-state index in [1.54, 1.807) is 19.1 Å². The van der Waals surface area contributed by atoms with E-state index >= 15 is 0 Å². The number of ether oxygens (including phenoxy) is 1. The van der Waals surface area contributed by atoms with Crippen LogP contribution in [0, 0.1) is 6.92 Å². The van der Waals surface area contributed by atoms with Crippen molar-refractivity contribution in [2.24, 2.45) is 0 Å². The summed E-state index contributed by atoms with van der Waals surface area (Å²) in [6, 6.07) is 6.70. The topological polar surface area (TPSA) is 71.5 Å². The molecule has 0 radical (unpaired) electrons. The van der Waals surface area contributed by atoms with E-state index in [0.717, 1.165) is 18.3 Å². The summed E-state index contributed by atoms with van der Waals surface area (Å²) >= 11 is 0. The number of aromatic nitrogens is 1. The molecule has 0 atom stereocenters. The lowest BCUT2D eigenvalue weighted by atomic mass is 10.1. The molecule has 1 N–H and O–H groups in total. The predicted octanol–water partition coefficient (Wildman–Crippen LogP) is 3.62. The molecule has 0 aliphatic carbocycles. The SMILES string of the molecule is Cc1c(NC(=O)c2ncccc2C(F)(F)F)cccc1N1CCOC1=O. The van der Waals surface area contributed by atoms with Gasteiger partial charge in [0.15, 0.2) is 0 Å². The Bertz CT molecular complexity index is 868.